The van der Waals surface area contributed by atoms with Gasteiger partial charge in [0.25, 0.3) is 0 Å². The molecular weight excluding hydrogens is 753 g/mol. The van der Waals surface area contributed by atoms with Gasteiger partial charge in [0.15, 0.2) is 0 Å². The summed E-state index contributed by atoms with van der Waals surface area (Å²) >= 11 is 0. The zero-order valence-corrected chi connectivity index (χ0v) is 34.1. The number of aromatic nitrogens is 2. The van der Waals surface area contributed by atoms with Crippen molar-refractivity contribution in [3.05, 3.63) is 247 Å². The average molecular weight is 795 g/mol. The highest BCUT2D eigenvalue weighted by atomic mass is 15.0. The van der Waals surface area contributed by atoms with E-state index in [9.17, 15) is 0 Å². The van der Waals surface area contributed by atoms with Crippen LogP contribution in [0.25, 0.3) is 82.9 Å². The van der Waals surface area contributed by atoms with Crippen LogP contribution < -0.4 is 5.73 Å². The summed E-state index contributed by atoms with van der Waals surface area (Å²) in [5.41, 5.74) is 23.0. The number of aliphatic imine (C=N–C) groups is 1. The molecule has 0 aliphatic carbocycles. The predicted molar refractivity (Wildman–Crippen MR) is 261 cm³/mol. The zero-order valence-electron chi connectivity index (χ0n) is 34.1. The second-order valence-electron chi connectivity index (χ2n) is 15.8. The van der Waals surface area contributed by atoms with E-state index in [4.69, 9.17) is 10.7 Å². The number of hydrogen-bond acceptors (Lipinski definition) is 2. The largest absolute Gasteiger partial charge is 0.398 e. The highest BCUT2D eigenvalue weighted by molar-refractivity contribution is 6.13. The summed E-state index contributed by atoms with van der Waals surface area (Å²) in [6.45, 7) is 0.544. The summed E-state index contributed by atoms with van der Waals surface area (Å²) in [7, 11) is 0. The first kappa shape index (κ1) is 36.8. The van der Waals surface area contributed by atoms with Crippen LogP contribution in [0.3, 0.4) is 0 Å². The van der Waals surface area contributed by atoms with Gasteiger partial charge >= 0.3 is 0 Å². The molecule has 2 N–H and O–H groups in total. The Morgan fingerprint density at radius 1 is 0.387 bits per heavy atom. The summed E-state index contributed by atoms with van der Waals surface area (Å²) in [6.07, 6.45) is 1.98. The predicted octanol–water partition coefficient (Wildman–Crippen LogP) is 14.2. The summed E-state index contributed by atoms with van der Waals surface area (Å²) in [5.74, 6) is 0. The van der Waals surface area contributed by atoms with E-state index in [0.29, 0.717) is 12.2 Å². The van der Waals surface area contributed by atoms with Crippen molar-refractivity contribution in [2.45, 2.75) is 6.54 Å². The normalized spacial score (nSPS) is 12.2. The van der Waals surface area contributed by atoms with E-state index < -0.39 is 0 Å². The summed E-state index contributed by atoms with van der Waals surface area (Å²) in [6, 6.07) is 79.8. The molecule has 0 aliphatic rings. The Morgan fingerprint density at radius 3 is 1.53 bits per heavy atom. The maximum Gasteiger partial charge on any atom is 0.0671 e. The fourth-order valence-electron chi connectivity index (χ4n) is 8.91. The van der Waals surface area contributed by atoms with Crippen LogP contribution in [0.5, 0.6) is 0 Å². The highest BCUT2D eigenvalue weighted by Crippen LogP contribution is 2.38. The number of para-hydroxylation sites is 3. The maximum absolute atomic E-state index is 6.54. The van der Waals surface area contributed by atoms with Gasteiger partial charge in [-0.2, -0.15) is 0 Å². The second kappa shape index (κ2) is 15.8. The quantitative estimate of drug-likeness (QED) is 0.145. The third-order valence-electron chi connectivity index (χ3n) is 12.0. The summed E-state index contributed by atoms with van der Waals surface area (Å²) < 4.78 is 4.77. The molecule has 4 heteroatoms. The van der Waals surface area contributed by atoms with Crippen LogP contribution in [0.2, 0.25) is 0 Å². The third-order valence-corrected chi connectivity index (χ3v) is 12.0. The molecule has 4 nitrogen and oxygen atoms in total. The van der Waals surface area contributed by atoms with Crippen LogP contribution >= 0.6 is 0 Å². The van der Waals surface area contributed by atoms with Crippen LogP contribution in [0, 0.1) is 0 Å². The number of nitrogens with two attached hydrogens (primary N) is 1. The fourth-order valence-corrected chi connectivity index (χ4v) is 8.91. The van der Waals surface area contributed by atoms with E-state index in [1.165, 1.54) is 54.7 Å². The first-order chi connectivity index (χ1) is 30.7. The third kappa shape index (κ3) is 6.74. The molecule has 0 amide bonds. The highest BCUT2D eigenvalue weighted by Gasteiger charge is 2.16. The molecule has 2 heterocycles. The maximum atomic E-state index is 6.54. The van der Waals surface area contributed by atoms with Crippen LogP contribution in [0.1, 0.15) is 16.7 Å². The number of fused-ring (bicyclic) bond motifs is 6. The molecule has 0 atom stereocenters. The van der Waals surface area contributed by atoms with Crippen molar-refractivity contribution in [3.63, 3.8) is 0 Å². The van der Waals surface area contributed by atoms with Gasteiger partial charge in [0.05, 0.1) is 34.3 Å². The Hall–Kier alpha value is -8.21. The monoisotopic (exact) mass is 794 g/mol. The van der Waals surface area contributed by atoms with Crippen LogP contribution in [-0.4, -0.2) is 14.8 Å². The fraction of sp³-hybridized carbons (Fsp3) is 0.0172. The van der Waals surface area contributed by atoms with E-state index in [0.717, 1.165) is 44.9 Å². The molecule has 0 aliphatic heterocycles. The van der Waals surface area contributed by atoms with E-state index in [1.54, 1.807) is 0 Å². The minimum atomic E-state index is 0.544. The molecule has 0 saturated carbocycles. The first-order valence-electron chi connectivity index (χ1n) is 21.1. The molecule has 0 unspecified atom stereocenters. The van der Waals surface area contributed by atoms with E-state index in [1.807, 2.05) is 54.6 Å². The van der Waals surface area contributed by atoms with Gasteiger partial charge in [-0.1, -0.05) is 170 Å². The molecule has 11 rings (SSSR count). The van der Waals surface area contributed by atoms with Crippen molar-refractivity contribution >= 4 is 55.0 Å². The average Bonchev–Trinajstić information content (AvgIpc) is 3.86. The Morgan fingerprint density at radius 2 is 0.855 bits per heavy atom. The van der Waals surface area contributed by atoms with Gasteiger partial charge in [-0.15, -0.1) is 0 Å². The number of benzene rings is 9. The minimum absolute atomic E-state index is 0.544. The number of allylic oxidation sites excluding steroid dienone is 1. The number of rotatable bonds is 9. The number of hydrogen-bond donors (Lipinski definition) is 1. The molecule has 0 radical (unpaired) electrons. The molecule has 11 aromatic rings. The lowest BCUT2D eigenvalue weighted by Gasteiger charge is -2.11. The molecular formula is C58H42N4. The standard InChI is InChI=1S/C58H42N4/c59-53(43-14-4-1-5-15-43)38-54(44-16-6-2-7-17-44)60-39-40-24-26-41(27-25-40)42-28-32-48(33-29-42)62-55-22-12-10-20-49(55)51-34-30-46(37-58(51)62)45-31-35-57-52(36-45)50-21-11-13-23-56(50)61(57)47-18-8-3-9-19-47/h1-38H,39,59H2/b53-38-,60-54?. The lowest BCUT2D eigenvalue weighted by Crippen LogP contribution is -2.04. The van der Waals surface area contributed by atoms with Crippen molar-refractivity contribution in [2.24, 2.45) is 10.7 Å². The molecule has 9 aromatic carbocycles. The zero-order chi connectivity index (χ0) is 41.4. The van der Waals surface area contributed by atoms with Gasteiger partial charge < -0.3 is 14.9 Å². The van der Waals surface area contributed by atoms with Crippen LogP contribution in [0.4, 0.5) is 0 Å². The smallest absolute Gasteiger partial charge is 0.0671 e. The Bertz CT molecular complexity index is 3450. The van der Waals surface area contributed by atoms with Gasteiger partial charge in [-0.05, 0) is 99.6 Å². The lowest BCUT2D eigenvalue weighted by molar-refractivity contribution is 1.07. The number of nitrogens with zero attached hydrogens (tertiary/aromatic N) is 3. The van der Waals surface area contributed by atoms with Crippen molar-refractivity contribution in [3.8, 4) is 33.6 Å². The first-order valence-corrected chi connectivity index (χ1v) is 21.1. The van der Waals surface area contributed by atoms with Crippen LogP contribution in [-0.2, 0) is 6.54 Å². The van der Waals surface area contributed by atoms with Crippen molar-refractivity contribution < 1.29 is 0 Å². The Labute approximate surface area is 360 Å². The Kier molecular flexibility index (Phi) is 9.36. The molecule has 0 spiro atoms. The van der Waals surface area contributed by atoms with Crippen LogP contribution in [0.15, 0.2) is 236 Å². The van der Waals surface area contributed by atoms with Gasteiger partial charge in [-0.3, -0.25) is 4.99 Å². The molecule has 0 bridgehead atoms. The van der Waals surface area contributed by atoms with Crippen molar-refractivity contribution in [1.82, 2.24) is 9.13 Å². The Balaban J connectivity index is 0.909. The van der Waals surface area contributed by atoms with E-state index >= 15 is 0 Å². The van der Waals surface area contributed by atoms with Gasteiger partial charge in [-0.25, -0.2) is 0 Å². The van der Waals surface area contributed by atoms with Crippen molar-refractivity contribution in [2.75, 3.05) is 0 Å². The molecule has 294 valence electrons. The van der Waals surface area contributed by atoms with Gasteiger partial charge in [0, 0.05) is 38.6 Å². The summed E-state index contributed by atoms with van der Waals surface area (Å²) in [4.78, 5) is 5.04. The van der Waals surface area contributed by atoms with E-state index in [2.05, 4.69) is 185 Å². The molecule has 0 fully saturated rings. The van der Waals surface area contributed by atoms with Gasteiger partial charge in [0.1, 0.15) is 0 Å². The topological polar surface area (TPSA) is 48.2 Å². The van der Waals surface area contributed by atoms with Crippen molar-refractivity contribution in [1.29, 1.82) is 0 Å². The minimum Gasteiger partial charge on any atom is -0.398 e. The summed E-state index contributed by atoms with van der Waals surface area (Å²) in [5, 5.41) is 4.98. The second-order valence-corrected chi connectivity index (χ2v) is 15.8. The SMILES string of the molecule is N/C(=C\C(=NCc1ccc(-c2ccc(-n3c4ccccc4c4ccc(-c5ccc6c(c5)c5ccccc5n6-c5ccccc5)cc43)cc2)cc1)c1ccccc1)c1ccccc1. The van der Waals surface area contributed by atoms with Gasteiger partial charge in [0.2, 0.25) is 0 Å². The molecule has 2 aromatic heterocycles. The van der Waals surface area contributed by atoms with E-state index in [-0.39, 0.29) is 0 Å². The lowest BCUT2D eigenvalue weighted by atomic mass is 10.0. The molecule has 62 heavy (non-hydrogen) atoms. The molecule has 0 saturated heterocycles.